The fourth-order valence-electron chi connectivity index (χ4n) is 1.63. The second-order valence-corrected chi connectivity index (χ2v) is 5.84. The minimum absolute atomic E-state index is 0.0140. The van der Waals surface area contributed by atoms with Crippen molar-refractivity contribution >= 4 is 15.7 Å². The summed E-state index contributed by atoms with van der Waals surface area (Å²) >= 11 is 0. The van der Waals surface area contributed by atoms with Crippen LogP contribution in [0.25, 0.3) is 0 Å². The van der Waals surface area contributed by atoms with Crippen LogP contribution >= 0.6 is 0 Å². The molecule has 0 unspecified atom stereocenters. The van der Waals surface area contributed by atoms with Gasteiger partial charge in [0.15, 0.2) is 0 Å². The third-order valence-corrected chi connectivity index (χ3v) is 4.19. The highest BCUT2D eigenvalue weighted by molar-refractivity contribution is 7.92. The van der Waals surface area contributed by atoms with Crippen molar-refractivity contribution in [1.29, 1.82) is 5.26 Å². The predicted molar refractivity (Wildman–Crippen MR) is 73.1 cm³/mol. The smallest absolute Gasteiger partial charge is 0.261 e. The van der Waals surface area contributed by atoms with Gasteiger partial charge in [0.05, 0.1) is 22.2 Å². The summed E-state index contributed by atoms with van der Waals surface area (Å²) in [5, 5.41) is 8.68. The summed E-state index contributed by atoms with van der Waals surface area (Å²) in [5.74, 6) is -0.481. The van der Waals surface area contributed by atoms with Crippen LogP contribution < -0.4 is 4.72 Å². The van der Waals surface area contributed by atoms with Crippen LogP contribution in [0.2, 0.25) is 0 Å². The molecule has 0 spiro atoms. The Morgan fingerprint density at radius 1 is 1.15 bits per heavy atom. The fraction of sp³-hybridized carbons (Fsp3) is 0.0714. The third-order valence-electron chi connectivity index (χ3n) is 2.81. The molecule has 0 saturated carbocycles. The molecular formula is C14H11FN2O2S. The van der Waals surface area contributed by atoms with Gasteiger partial charge in [-0.2, -0.15) is 5.26 Å². The number of sulfonamides is 1. The zero-order valence-corrected chi connectivity index (χ0v) is 11.4. The summed E-state index contributed by atoms with van der Waals surface area (Å²) in [4.78, 5) is 0.0140. The highest BCUT2D eigenvalue weighted by Crippen LogP contribution is 2.21. The lowest BCUT2D eigenvalue weighted by Gasteiger charge is -2.10. The first kappa shape index (κ1) is 14.0. The van der Waals surface area contributed by atoms with Gasteiger partial charge in [0, 0.05) is 5.56 Å². The Morgan fingerprint density at radius 2 is 1.80 bits per heavy atom. The molecule has 102 valence electrons. The van der Waals surface area contributed by atoms with Crippen LogP contribution in [0.15, 0.2) is 47.4 Å². The molecule has 6 heteroatoms. The second-order valence-electron chi connectivity index (χ2n) is 4.15. The molecule has 0 fully saturated rings. The van der Waals surface area contributed by atoms with Gasteiger partial charge in [-0.25, -0.2) is 12.8 Å². The zero-order valence-electron chi connectivity index (χ0n) is 10.6. The van der Waals surface area contributed by atoms with Crippen molar-refractivity contribution in [3.8, 4) is 6.07 Å². The molecule has 0 aliphatic heterocycles. The Labute approximate surface area is 116 Å². The number of benzene rings is 2. The highest BCUT2D eigenvalue weighted by atomic mass is 32.2. The largest absolute Gasteiger partial charge is 0.279 e. The van der Waals surface area contributed by atoms with Crippen LogP contribution in [-0.2, 0) is 10.0 Å². The number of hydrogen-bond donors (Lipinski definition) is 1. The molecule has 2 rings (SSSR count). The average Bonchev–Trinajstić information content (AvgIpc) is 2.44. The molecule has 1 N–H and O–H groups in total. The van der Waals surface area contributed by atoms with Crippen molar-refractivity contribution in [2.24, 2.45) is 0 Å². The zero-order chi connectivity index (χ0) is 14.8. The lowest BCUT2D eigenvalue weighted by Crippen LogP contribution is -2.14. The third kappa shape index (κ3) is 2.78. The van der Waals surface area contributed by atoms with Gasteiger partial charge >= 0.3 is 0 Å². The maximum Gasteiger partial charge on any atom is 0.261 e. The summed E-state index contributed by atoms with van der Waals surface area (Å²) in [5.41, 5.74) is 0.782. The first-order valence-electron chi connectivity index (χ1n) is 5.72. The fourth-order valence-corrected chi connectivity index (χ4v) is 2.75. The normalized spacial score (nSPS) is 10.8. The van der Waals surface area contributed by atoms with E-state index in [1.807, 2.05) is 6.07 Å². The second kappa shape index (κ2) is 5.31. The van der Waals surface area contributed by atoms with Gasteiger partial charge in [-0.1, -0.05) is 6.07 Å². The summed E-state index contributed by atoms with van der Waals surface area (Å²) in [6, 6.07) is 11.6. The summed E-state index contributed by atoms with van der Waals surface area (Å²) in [6.07, 6.45) is 0. The quantitative estimate of drug-likeness (QED) is 0.945. The van der Waals surface area contributed by atoms with Crippen LogP contribution in [0.4, 0.5) is 10.1 Å². The Balaban J connectivity index is 2.36. The van der Waals surface area contributed by atoms with Gasteiger partial charge < -0.3 is 0 Å². The lowest BCUT2D eigenvalue weighted by molar-refractivity contribution is 0.600. The van der Waals surface area contributed by atoms with E-state index in [0.717, 1.165) is 0 Å². The van der Waals surface area contributed by atoms with Gasteiger partial charge in [0.2, 0.25) is 0 Å². The monoisotopic (exact) mass is 290 g/mol. The number of nitrogens with one attached hydrogen (secondary N) is 1. The van der Waals surface area contributed by atoms with Crippen molar-refractivity contribution < 1.29 is 12.8 Å². The number of nitriles is 1. The Morgan fingerprint density at radius 3 is 2.40 bits per heavy atom. The van der Waals surface area contributed by atoms with E-state index in [1.165, 1.54) is 49.4 Å². The standard InChI is InChI=1S/C14H11FN2O2S/c1-10-13(15)3-2-4-14(10)17-20(18,19)12-7-5-11(9-16)6-8-12/h2-8,17H,1H3. The van der Waals surface area contributed by atoms with E-state index in [-0.39, 0.29) is 16.1 Å². The summed E-state index contributed by atoms with van der Waals surface area (Å²) in [6.45, 7) is 1.49. The average molecular weight is 290 g/mol. The van der Waals surface area contributed by atoms with E-state index in [1.54, 1.807) is 0 Å². The Kier molecular flexibility index (Phi) is 3.72. The first-order chi connectivity index (χ1) is 9.44. The van der Waals surface area contributed by atoms with E-state index in [4.69, 9.17) is 5.26 Å². The number of rotatable bonds is 3. The van der Waals surface area contributed by atoms with Crippen LogP contribution in [0.5, 0.6) is 0 Å². The van der Waals surface area contributed by atoms with Gasteiger partial charge in [0.25, 0.3) is 10.0 Å². The van der Waals surface area contributed by atoms with Gasteiger partial charge in [0.1, 0.15) is 5.82 Å². The molecule has 0 atom stereocenters. The summed E-state index contributed by atoms with van der Waals surface area (Å²) in [7, 11) is -3.80. The van der Waals surface area contributed by atoms with E-state index in [9.17, 15) is 12.8 Å². The Hall–Kier alpha value is -2.39. The topological polar surface area (TPSA) is 70.0 Å². The van der Waals surface area contributed by atoms with E-state index >= 15 is 0 Å². The van der Waals surface area contributed by atoms with Crippen LogP contribution in [-0.4, -0.2) is 8.42 Å². The summed E-state index contributed by atoms with van der Waals surface area (Å²) < 4.78 is 40.0. The van der Waals surface area contributed by atoms with Gasteiger partial charge in [-0.3, -0.25) is 4.72 Å². The minimum Gasteiger partial charge on any atom is -0.279 e. The number of anilines is 1. The van der Waals surface area contributed by atoms with Crippen molar-refractivity contribution in [2.45, 2.75) is 11.8 Å². The molecule has 2 aromatic rings. The van der Waals surface area contributed by atoms with Crippen molar-refractivity contribution in [3.63, 3.8) is 0 Å². The first-order valence-corrected chi connectivity index (χ1v) is 7.20. The molecule has 0 aliphatic carbocycles. The molecule has 0 bridgehead atoms. The van der Waals surface area contributed by atoms with Crippen LogP contribution in [0.1, 0.15) is 11.1 Å². The number of nitrogens with zero attached hydrogens (tertiary/aromatic N) is 1. The predicted octanol–water partition coefficient (Wildman–Crippen LogP) is 2.81. The van der Waals surface area contributed by atoms with E-state index < -0.39 is 15.8 Å². The number of halogens is 1. The number of hydrogen-bond acceptors (Lipinski definition) is 3. The maximum absolute atomic E-state index is 13.4. The molecule has 2 aromatic carbocycles. The van der Waals surface area contributed by atoms with Crippen LogP contribution in [0.3, 0.4) is 0 Å². The van der Waals surface area contributed by atoms with Gasteiger partial charge in [-0.05, 0) is 43.3 Å². The van der Waals surface area contributed by atoms with Crippen LogP contribution in [0, 0.1) is 24.1 Å². The Bertz CT molecular complexity index is 778. The molecule has 20 heavy (non-hydrogen) atoms. The SMILES string of the molecule is Cc1c(F)cccc1NS(=O)(=O)c1ccc(C#N)cc1. The molecule has 0 amide bonds. The van der Waals surface area contributed by atoms with Crippen molar-refractivity contribution in [3.05, 3.63) is 59.4 Å². The minimum atomic E-state index is -3.80. The highest BCUT2D eigenvalue weighted by Gasteiger charge is 2.16. The molecule has 0 radical (unpaired) electrons. The molecular weight excluding hydrogens is 279 g/mol. The van der Waals surface area contributed by atoms with E-state index in [2.05, 4.69) is 4.72 Å². The van der Waals surface area contributed by atoms with Gasteiger partial charge in [-0.15, -0.1) is 0 Å². The molecule has 0 saturated heterocycles. The molecule has 0 heterocycles. The molecule has 4 nitrogen and oxygen atoms in total. The molecule has 0 aliphatic rings. The lowest BCUT2D eigenvalue weighted by atomic mass is 10.2. The van der Waals surface area contributed by atoms with Crippen molar-refractivity contribution in [1.82, 2.24) is 0 Å². The van der Waals surface area contributed by atoms with Crippen molar-refractivity contribution in [2.75, 3.05) is 4.72 Å². The molecule has 0 aromatic heterocycles. The maximum atomic E-state index is 13.4. The van der Waals surface area contributed by atoms with E-state index in [0.29, 0.717) is 5.56 Å².